The maximum absolute atomic E-state index is 3.68. The fourth-order valence-corrected chi connectivity index (χ4v) is 4.98. The smallest absolute Gasteiger partial charge is 0.0485 e. The van der Waals surface area contributed by atoms with Gasteiger partial charge in [-0.25, -0.2) is 0 Å². The lowest BCUT2D eigenvalue weighted by Crippen LogP contribution is -2.04. The third-order valence-corrected chi connectivity index (χ3v) is 6.69. The van der Waals surface area contributed by atoms with Gasteiger partial charge in [-0.15, -0.1) is 0 Å². The van der Waals surface area contributed by atoms with Crippen LogP contribution in [0.4, 0.5) is 0 Å². The highest BCUT2D eigenvalue weighted by Gasteiger charge is 2.20. The number of benzene rings is 2. The molecule has 136 valence electrons. The topological polar surface area (TPSA) is 4.93 Å². The Kier molecular flexibility index (Phi) is 5.49. The molecule has 0 amide bonds. The number of halogens is 1. The van der Waals surface area contributed by atoms with E-state index < -0.39 is 0 Å². The van der Waals surface area contributed by atoms with E-state index in [1.54, 1.807) is 5.56 Å². The summed E-state index contributed by atoms with van der Waals surface area (Å²) in [5, 5.41) is 1.49. The SMILES string of the molecule is Cc1ccc2c(C3CCCCC3)cn(CCCc3ccccc3Br)c2c1. The largest absolute Gasteiger partial charge is 0.347 e. The third-order valence-electron chi connectivity index (χ3n) is 5.92. The second kappa shape index (κ2) is 8.00. The molecule has 0 saturated heterocycles. The van der Waals surface area contributed by atoms with Crippen LogP contribution in [0.2, 0.25) is 0 Å². The van der Waals surface area contributed by atoms with Gasteiger partial charge in [0.15, 0.2) is 0 Å². The monoisotopic (exact) mass is 409 g/mol. The number of hydrogen-bond donors (Lipinski definition) is 0. The third kappa shape index (κ3) is 3.76. The molecule has 0 aliphatic heterocycles. The van der Waals surface area contributed by atoms with Crippen molar-refractivity contribution in [3.63, 3.8) is 0 Å². The summed E-state index contributed by atoms with van der Waals surface area (Å²) in [7, 11) is 0. The Morgan fingerprint density at radius 2 is 1.85 bits per heavy atom. The lowest BCUT2D eigenvalue weighted by molar-refractivity contribution is 0.444. The second-order valence-corrected chi connectivity index (χ2v) is 8.68. The van der Waals surface area contributed by atoms with Gasteiger partial charge in [0.1, 0.15) is 0 Å². The average Bonchev–Trinajstić information content (AvgIpc) is 3.02. The zero-order chi connectivity index (χ0) is 17.9. The van der Waals surface area contributed by atoms with Crippen molar-refractivity contribution in [1.82, 2.24) is 4.57 Å². The standard InChI is InChI=1S/C24H28BrN/c1-18-13-14-21-22(19-8-3-2-4-9-19)17-26(24(21)16-18)15-7-11-20-10-5-6-12-23(20)25/h5-6,10,12-14,16-17,19H,2-4,7-9,11,15H2,1H3. The first-order valence-electron chi connectivity index (χ1n) is 10.0. The van der Waals surface area contributed by atoms with E-state index in [1.807, 2.05) is 0 Å². The van der Waals surface area contributed by atoms with Gasteiger partial charge in [0.05, 0.1) is 0 Å². The van der Waals surface area contributed by atoms with Crippen LogP contribution in [0.15, 0.2) is 53.1 Å². The molecule has 2 heteroatoms. The van der Waals surface area contributed by atoms with Gasteiger partial charge in [-0.3, -0.25) is 0 Å². The molecule has 0 radical (unpaired) electrons. The van der Waals surface area contributed by atoms with E-state index >= 15 is 0 Å². The Morgan fingerprint density at radius 3 is 2.65 bits per heavy atom. The minimum atomic E-state index is 0.762. The molecule has 1 aliphatic rings. The van der Waals surface area contributed by atoms with Crippen molar-refractivity contribution < 1.29 is 0 Å². The summed E-state index contributed by atoms with van der Waals surface area (Å²) < 4.78 is 3.75. The first-order chi connectivity index (χ1) is 12.7. The zero-order valence-electron chi connectivity index (χ0n) is 15.7. The predicted molar refractivity (Wildman–Crippen MR) is 115 cm³/mol. The van der Waals surface area contributed by atoms with Crippen LogP contribution in [0.3, 0.4) is 0 Å². The molecule has 1 saturated carbocycles. The van der Waals surface area contributed by atoms with Crippen molar-refractivity contribution in [2.75, 3.05) is 0 Å². The first-order valence-corrected chi connectivity index (χ1v) is 10.8. The van der Waals surface area contributed by atoms with Crippen molar-refractivity contribution in [3.8, 4) is 0 Å². The number of nitrogens with zero attached hydrogens (tertiary/aromatic N) is 1. The number of rotatable bonds is 5. The zero-order valence-corrected chi connectivity index (χ0v) is 17.3. The summed E-state index contributed by atoms with van der Waals surface area (Å²) in [5.74, 6) is 0.762. The first kappa shape index (κ1) is 17.9. The summed E-state index contributed by atoms with van der Waals surface area (Å²) in [5.41, 5.74) is 5.80. The van der Waals surface area contributed by atoms with E-state index in [1.165, 1.54) is 65.0 Å². The lowest BCUT2D eigenvalue weighted by atomic mass is 9.84. The lowest BCUT2D eigenvalue weighted by Gasteiger charge is -2.21. The second-order valence-electron chi connectivity index (χ2n) is 7.83. The molecule has 4 rings (SSSR count). The molecule has 0 N–H and O–H groups in total. The summed E-state index contributed by atoms with van der Waals surface area (Å²) in [6.45, 7) is 3.30. The molecule has 1 aromatic heterocycles. The van der Waals surface area contributed by atoms with E-state index in [-0.39, 0.29) is 0 Å². The summed E-state index contributed by atoms with van der Waals surface area (Å²) in [6, 6.07) is 15.6. The Labute approximate surface area is 165 Å². The van der Waals surface area contributed by atoms with Crippen molar-refractivity contribution in [2.24, 2.45) is 0 Å². The maximum atomic E-state index is 3.68. The highest BCUT2D eigenvalue weighted by molar-refractivity contribution is 9.10. The Morgan fingerprint density at radius 1 is 1.04 bits per heavy atom. The van der Waals surface area contributed by atoms with Crippen LogP contribution in [0, 0.1) is 6.92 Å². The number of fused-ring (bicyclic) bond motifs is 1. The van der Waals surface area contributed by atoms with Crippen molar-refractivity contribution in [1.29, 1.82) is 0 Å². The summed E-state index contributed by atoms with van der Waals surface area (Å²) >= 11 is 3.68. The Balaban J connectivity index is 1.57. The highest BCUT2D eigenvalue weighted by Crippen LogP contribution is 2.37. The quantitative estimate of drug-likeness (QED) is 0.413. The van der Waals surface area contributed by atoms with Crippen LogP contribution in [-0.2, 0) is 13.0 Å². The minimum absolute atomic E-state index is 0.762. The van der Waals surface area contributed by atoms with Gasteiger partial charge in [-0.2, -0.15) is 0 Å². The molecule has 1 nitrogen and oxygen atoms in total. The van der Waals surface area contributed by atoms with Crippen LogP contribution in [0.25, 0.3) is 10.9 Å². The number of aryl methyl sites for hydroxylation is 3. The van der Waals surface area contributed by atoms with Crippen LogP contribution >= 0.6 is 15.9 Å². The fraction of sp³-hybridized carbons (Fsp3) is 0.417. The average molecular weight is 410 g/mol. The Hall–Kier alpha value is -1.54. The minimum Gasteiger partial charge on any atom is -0.347 e. The van der Waals surface area contributed by atoms with Gasteiger partial charge in [0.2, 0.25) is 0 Å². The van der Waals surface area contributed by atoms with Crippen LogP contribution in [-0.4, -0.2) is 4.57 Å². The fourth-order valence-electron chi connectivity index (χ4n) is 4.50. The molecular weight excluding hydrogens is 382 g/mol. The summed E-state index contributed by atoms with van der Waals surface area (Å²) in [6.07, 6.45) is 11.7. The molecule has 0 unspecified atom stereocenters. The van der Waals surface area contributed by atoms with E-state index in [9.17, 15) is 0 Å². The van der Waals surface area contributed by atoms with E-state index in [0.717, 1.165) is 18.9 Å². The van der Waals surface area contributed by atoms with Crippen LogP contribution in [0.1, 0.15) is 61.1 Å². The molecule has 26 heavy (non-hydrogen) atoms. The molecule has 0 bridgehead atoms. The van der Waals surface area contributed by atoms with E-state index in [0.29, 0.717) is 0 Å². The molecule has 2 aromatic carbocycles. The molecule has 3 aromatic rings. The predicted octanol–water partition coefficient (Wildman–Crippen LogP) is 7.39. The molecular formula is C24H28BrN. The van der Waals surface area contributed by atoms with Gasteiger partial charge in [0.25, 0.3) is 0 Å². The van der Waals surface area contributed by atoms with Gasteiger partial charge in [-0.05, 0) is 67.3 Å². The van der Waals surface area contributed by atoms with Gasteiger partial charge in [0, 0.05) is 28.1 Å². The number of hydrogen-bond acceptors (Lipinski definition) is 0. The molecule has 1 heterocycles. The van der Waals surface area contributed by atoms with Gasteiger partial charge < -0.3 is 4.57 Å². The van der Waals surface area contributed by atoms with Crippen molar-refractivity contribution >= 4 is 26.8 Å². The Bertz CT molecular complexity index is 886. The number of aromatic nitrogens is 1. The van der Waals surface area contributed by atoms with Crippen LogP contribution < -0.4 is 0 Å². The van der Waals surface area contributed by atoms with Gasteiger partial charge in [-0.1, -0.05) is 65.5 Å². The van der Waals surface area contributed by atoms with E-state index in [4.69, 9.17) is 0 Å². The summed E-state index contributed by atoms with van der Waals surface area (Å²) in [4.78, 5) is 0. The normalized spacial score (nSPS) is 15.6. The molecule has 1 fully saturated rings. The van der Waals surface area contributed by atoms with Crippen molar-refractivity contribution in [2.45, 2.75) is 64.3 Å². The van der Waals surface area contributed by atoms with Gasteiger partial charge >= 0.3 is 0 Å². The molecule has 1 aliphatic carbocycles. The molecule has 0 spiro atoms. The van der Waals surface area contributed by atoms with Crippen LogP contribution in [0.5, 0.6) is 0 Å². The van der Waals surface area contributed by atoms with Crippen molar-refractivity contribution in [3.05, 3.63) is 69.8 Å². The van der Waals surface area contributed by atoms with E-state index in [2.05, 4.69) is 76.1 Å². The maximum Gasteiger partial charge on any atom is 0.0485 e. The molecule has 0 atom stereocenters. The highest BCUT2D eigenvalue weighted by atomic mass is 79.9.